The summed E-state index contributed by atoms with van der Waals surface area (Å²) in [5, 5.41) is 0. The van der Waals surface area contributed by atoms with Crippen molar-refractivity contribution in [1.82, 2.24) is 4.90 Å². The van der Waals surface area contributed by atoms with Gasteiger partial charge in [-0.25, -0.2) is 0 Å². The third kappa shape index (κ3) is 1.91. The van der Waals surface area contributed by atoms with E-state index in [9.17, 15) is 4.79 Å². The zero-order chi connectivity index (χ0) is 9.84. The molecule has 3 nitrogen and oxygen atoms in total. The third-order valence-corrected chi connectivity index (χ3v) is 1.73. The Balaban J connectivity index is 2.81. The van der Waals surface area contributed by atoms with E-state index in [2.05, 4.69) is 5.92 Å². The number of carbonyl (C=O) groups excluding carboxylic acids is 1. The summed E-state index contributed by atoms with van der Waals surface area (Å²) in [6.07, 6.45) is 6.58. The molecule has 0 bridgehead atoms. The molecule has 13 heavy (non-hydrogen) atoms. The van der Waals surface area contributed by atoms with Gasteiger partial charge in [-0.05, 0) is 13.0 Å². The molecule has 1 heterocycles. The van der Waals surface area contributed by atoms with Crippen molar-refractivity contribution in [2.45, 2.75) is 6.92 Å². The van der Waals surface area contributed by atoms with E-state index in [1.807, 2.05) is 6.92 Å². The Morgan fingerprint density at radius 2 is 2.46 bits per heavy atom. The highest BCUT2D eigenvalue weighted by Gasteiger charge is 2.15. The first kappa shape index (κ1) is 9.40. The summed E-state index contributed by atoms with van der Waals surface area (Å²) in [7, 11) is 1.64. The summed E-state index contributed by atoms with van der Waals surface area (Å²) in [5.74, 6) is 2.57. The van der Waals surface area contributed by atoms with E-state index < -0.39 is 0 Å². The molecule has 0 atom stereocenters. The van der Waals surface area contributed by atoms with Gasteiger partial charge in [0.2, 0.25) is 0 Å². The molecule has 68 valence electrons. The smallest absolute Gasteiger partial charge is 0.290 e. The van der Waals surface area contributed by atoms with Crippen molar-refractivity contribution in [2.75, 3.05) is 13.6 Å². The van der Waals surface area contributed by atoms with Gasteiger partial charge in [0.15, 0.2) is 5.76 Å². The van der Waals surface area contributed by atoms with E-state index in [0.717, 1.165) is 5.56 Å². The van der Waals surface area contributed by atoms with Crippen molar-refractivity contribution in [2.24, 2.45) is 0 Å². The fourth-order valence-corrected chi connectivity index (χ4v) is 0.974. The standard InChI is InChI=1S/C10H11NO2/c1-4-6-11(3)10(12)9-8(2)5-7-13-9/h1,5,7H,6H2,2-3H3. The van der Waals surface area contributed by atoms with E-state index in [1.54, 1.807) is 13.1 Å². The normalized spacial score (nSPS) is 9.31. The van der Waals surface area contributed by atoms with E-state index in [-0.39, 0.29) is 5.91 Å². The summed E-state index contributed by atoms with van der Waals surface area (Å²) in [6.45, 7) is 2.11. The van der Waals surface area contributed by atoms with E-state index in [4.69, 9.17) is 10.8 Å². The van der Waals surface area contributed by atoms with Gasteiger partial charge in [0.05, 0.1) is 12.8 Å². The Bertz CT molecular complexity index is 346. The SMILES string of the molecule is C#CCN(C)C(=O)c1occc1C. The topological polar surface area (TPSA) is 33.5 Å². The quantitative estimate of drug-likeness (QED) is 0.638. The molecular formula is C10H11NO2. The van der Waals surface area contributed by atoms with Crippen molar-refractivity contribution in [3.63, 3.8) is 0 Å². The summed E-state index contributed by atoms with van der Waals surface area (Å²) >= 11 is 0. The van der Waals surface area contributed by atoms with Crippen LogP contribution in [0.15, 0.2) is 16.7 Å². The van der Waals surface area contributed by atoms with Crippen LogP contribution < -0.4 is 0 Å². The van der Waals surface area contributed by atoms with Gasteiger partial charge in [-0.3, -0.25) is 4.79 Å². The molecule has 0 spiro atoms. The molecule has 0 aliphatic rings. The first-order valence-corrected chi connectivity index (χ1v) is 3.90. The molecule has 0 aliphatic heterocycles. The van der Waals surface area contributed by atoms with Gasteiger partial charge < -0.3 is 9.32 Å². The Kier molecular flexibility index (Phi) is 2.76. The molecule has 1 rings (SSSR count). The lowest BCUT2D eigenvalue weighted by Crippen LogP contribution is -2.27. The second-order valence-corrected chi connectivity index (χ2v) is 2.80. The number of furan rings is 1. The van der Waals surface area contributed by atoms with Gasteiger partial charge in [0.25, 0.3) is 5.91 Å². The molecule has 0 fully saturated rings. The molecule has 1 aromatic rings. The Hall–Kier alpha value is -1.69. The monoisotopic (exact) mass is 177 g/mol. The largest absolute Gasteiger partial charge is 0.459 e. The predicted octanol–water partition coefficient (Wildman–Crippen LogP) is 1.29. The van der Waals surface area contributed by atoms with Gasteiger partial charge in [-0.15, -0.1) is 6.42 Å². The van der Waals surface area contributed by atoms with Gasteiger partial charge in [0, 0.05) is 12.6 Å². The molecule has 0 N–H and O–H groups in total. The number of carbonyl (C=O) groups is 1. The molecule has 0 saturated carbocycles. The van der Waals surface area contributed by atoms with E-state index in [1.165, 1.54) is 11.2 Å². The van der Waals surface area contributed by atoms with Crippen molar-refractivity contribution in [3.05, 3.63) is 23.7 Å². The average Bonchev–Trinajstić information content (AvgIpc) is 2.50. The summed E-state index contributed by atoms with van der Waals surface area (Å²) in [5.41, 5.74) is 0.828. The van der Waals surface area contributed by atoms with Crippen LogP contribution in [0, 0.1) is 19.3 Å². The minimum Gasteiger partial charge on any atom is -0.459 e. The summed E-state index contributed by atoms with van der Waals surface area (Å²) < 4.78 is 5.03. The molecule has 0 aromatic carbocycles. The van der Waals surface area contributed by atoms with Crippen molar-refractivity contribution in [1.29, 1.82) is 0 Å². The number of rotatable bonds is 2. The fourth-order valence-electron chi connectivity index (χ4n) is 0.974. The second kappa shape index (κ2) is 3.81. The lowest BCUT2D eigenvalue weighted by Gasteiger charge is -2.11. The number of amides is 1. The zero-order valence-corrected chi connectivity index (χ0v) is 7.70. The maximum absolute atomic E-state index is 11.6. The number of hydrogen-bond donors (Lipinski definition) is 0. The van der Waals surface area contributed by atoms with Crippen LogP contribution in [-0.2, 0) is 0 Å². The molecular weight excluding hydrogens is 166 g/mol. The van der Waals surface area contributed by atoms with Crippen LogP contribution in [0.3, 0.4) is 0 Å². The molecule has 0 radical (unpaired) electrons. The number of terminal acetylenes is 1. The lowest BCUT2D eigenvalue weighted by atomic mass is 10.2. The van der Waals surface area contributed by atoms with Crippen LogP contribution in [0.5, 0.6) is 0 Å². The molecule has 0 aliphatic carbocycles. The van der Waals surface area contributed by atoms with Crippen molar-refractivity contribution >= 4 is 5.91 Å². The zero-order valence-electron chi connectivity index (χ0n) is 7.70. The van der Waals surface area contributed by atoms with Gasteiger partial charge >= 0.3 is 0 Å². The summed E-state index contributed by atoms with van der Waals surface area (Å²) in [6, 6.07) is 1.75. The average molecular weight is 177 g/mol. The van der Waals surface area contributed by atoms with Gasteiger partial charge in [-0.2, -0.15) is 0 Å². The fraction of sp³-hybridized carbons (Fsp3) is 0.300. The van der Waals surface area contributed by atoms with Crippen LogP contribution >= 0.6 is 0 Å². The van der Waals surface area contributed by atoms with Crippen LogP contribution in [0.4, 0.5) is 0 Å². The number of hydrogen-bond acceptors (Lipinski definition) is 2. The summed E-state index contributed by atoms with van der Waals surface area (Å²) in [4.78, 5) is 13.0. The molecule has 1 amide bonds. The van der Waals surface area contributed by atoms with Gasteiger partial charge in [0.1, 0.15) is 0 Å². The lowest BCUT2D eigenvalue weighted by molar-refractivity contribution is 0.0780. The van der Waals surface area contributed by atoms with Crippen LogP contribution in [-0.4, -0.2) is 24.4 Å². The van der Waals surface area contributed by atoms with Crippen molar-refractivity contribution in [3.8, 4) is 12.3 Å². The minimum absolute atomic E-state index is 0.180. The predicted molar refractivity (Wildman–Crippen MR) is 49.2 cm³/mol. The molecule has 0 saturated heterocycles. The highest BCUT2D eigenvalue weighted by molar-refractivity contribution is 5.92. The first-order chi connectivity index (χ1) is 6.16. The molecule has 3 heteroatoms. The van der Waals surface area contributed by atoms with Crippen LogP contribution in [0.2, 0.25) is 0 Å². The highest BCUT2D eigenvalue weighted by Crippen LogP contribution is 2.10. The minimum atomic E-state index is -0.180. The van der Waals surface area contributed by atoms with Crippen LogP contribution in [0.25, 0.3) is 0 Å². The highest BCUT2D eigenvalue weighted by atomic mass is 16.3. The first-order valence-electron chi connectivity index (χ1n) is 3.90. The maximum Gasteiger partial charge on any atom is 0.290 e. The molecule has 0 unspecified atom stereocenters. The molecule has 1 aromatic heterocycles. The Morgan fingerprint density at radius 3 is 2.92 bits per heavy atom. The van der Waals surface area contributed by atoms with E-state index >= 15 is 0 Å². The number of aryl methyl sites for hydroxylation is 1. The number of nitrogens with zero attached hydrogens (tertiary/aromatic N) is 1. The third-order valence-electron chi connectivity index (χ3n) is 1.73. The van der Waals surface area contributed by atoms with E-state index in [0.29, 0.717) is 12.3 Å². The second-order valence-electron chi connectivity index (χ2n) is 2.80. The van der Waals surface area contributed by atoms with Crippen LogP contribution in [0.1, 0.15) is 16.1 Å². The maximum atomic E-state index is 11.6. The Morgan fingerprint density at radius 1 is 1.77 bits per heavy atom. The van der Waals surface area contributed by atoms with Crippen molar-refractivity contribution < 1.29 is 9.21 Å². The Labute approximate surface area is 77.3 Å². The van der Waals surface area contributed by atoms with Gasteiger partial charge in [-0.1, -0.05) is 5.92 Å².